The molecule has 0 amide bonds. The molecular formula is C7H9IMgS. The van der Waals surface area contributed by atoms with Crippen molar-refractivity contribution >= 4 is 57.4 Å². The van der Waals surface area contributed by atoms with Crippen LogP contribution in [0.1, 0.15) is 0 Å². The molecule has 0 heterocycles. The molecule has 52 valence electrons. The lowest BCUT2D eigenvalue weighted by Crippen LogP contribution is -1.73. The average Bonchev–Trinajstić information content (AvgIpc) is 1.89. The van der Waals surface area contributed by atoms with Crippen LogP contribution in [0.4, 0.5) is 0 Å². The van der Waals surface area contributed by atoms with Gasteiger partial charge in [-0.1, -0.05) is 12.1 Å². The molecule has 0 radical (unpaired) electrons. The summed E-state index contributed by atoms with van der Waals surface area (Å²) in [6, 6.07) is 8.37. The fraction of sp³-hybridized carbons (Fsp3) is 0.143. The lowest BCUT2D eigenvalue weighted by atomic mass is 10.4. The van der Waals surface area contributed by atoms with Crippen molar-refractivity contribution in [3.8, 4) is 0 Å². The molecule has 0 saturated carbocycles. The predicted molar refractivity (Wildman–Crippen MR) is 59.5 cm³/mol. The Morgan fingerprint density at radius 3 is 2.30 bits per heavy atom. The summed E-state index contributed by atoms with van der Waals surface area (Å²) in [5, 5.41) is 0. The average molecular weight is 276 g/mol. The van der Waals surface area contributed by atoms with Crippen LogP contribution in [-0.4, -0.2) is 29.3 Å². The molecule has 0 fully saturated rings. The second-order valence-electron chi connectivity index (χ2n) is 1.63. The summed E-state index contributed by atoms with van der Waals surface area (Å²) >= 11 is 4.13. The van der Waals surface area contributed by atoms with E-state index in [2.05, 4.69) is 53.1 Å². The van der Waals surface area contributed by atoms with Gasteiger partial charge in [0.05, 0.1) is 0 Å². The van der Waals surface area contributed by atoms with Crippen LogP contribution in [-0.2, 0) is 0 Å². The van der Waals surface area contributed by atoms with Gasteiger partial charge in [-0.3, -0.25) is 0 Å². The molecule has 1 aromatic rings. The van der Waals surface area contributed by atoms with E-state index >= 15 is 0 Å². The van der Waals surface area contributed by atoms with Crippen molar-refractivity contribution in [3.63, 3.8) is 0 Å². The third kappa shape index (κ3) is 2.98. The number of rotatable bonds is 1. The maximum atomic E-state index is 2.34. The normalized spacial score (nSPS) is 8.60. The summed E-state index contributed by atoms with van der Waals surface area (Å²) in [4.78, 5) is 1.36. The standard InChI is InChI=1S/C7H7IS.Mg.2H/c1-9-7-5-3-2-4-6(7)8;;;/h2-5H,1H3;;;. The lowest BCUT2D eigenvalue weighted by Gasteiger charge is -1.96. The molecule has 10 heavy (non-hydrogen) atoms. The van der Waals surface area contributed by atoms with Crippen LogP contribution in [0.15, 0.2) is 29.2 Å². The fourth-order valence-corrected chi connectivity index (χ4v) is 2.14. The molecule has 0 aliphatic heterocycles. The topological polar surface area (TPSA) is 0 Å². The molecule has 1 rings (SSSR count). The predicted octanol–water partition coefficient (Wildman–Crippen LogP) is 2.10. The molecule has 0 atom stereocenters. The van der Waals surface area contributed by atoms with Gasteiger partial charge >= 0.3 is 23.1 Å². The van der Waals surface area contributed by atoms with Gasteiger partial charge < -0.3 is 0 Å². The van der Waals surface area contributed by atoms with Crippen molar-refractivity contribution < 1.29 is 0 Å². The summed E-state index contributed by atoms with van der Waals surface area (Å²) in [6.45, 7) is 0. The number of thioether (sulfide) groups is 1. The van der Waals surface area contributed by atoms with Gasteiger partial charge in [0.25, 0.3) is 0 Å². The lowest BCUT2D eigenvalue weighted by molar-refractivity contribution is 1.41. The molecule has 0 aromatic heterocycles. The Balaban J connectivity index is 0.000000810. The van der Waals surface area contributed by atoms with Crippen LogP contribution in [0, 0.1) is 3.57 Å². The molecule has 3 heteroatoms. The van der Waals surface area contributed by atoms with Crippen molar-refractivity contribution in [2.75, 3.05) is 6.26 Å². The summed E-state index contributed by atoms with van der Waals surface area (Å²) in [5.41, 5.74) is 0. The Kier molecular flexibility index (Phi) is 6.29. The minimum absolute atomic E-state index is 0. The zero-order valence-corrected chi connectivity index (χ0v) is 8.07. The van der Waals surface area contributed by atoms with E-state index in [1.807, 2.05) is 0 Å². The molecule has 0 N–H and O–H groups in total. The van der Waals surface area contributed by atoms with Crippen LogP contribution < -0.4 is 0 Å². The molecule has 0 aliphatic carbocycles. The number of hydrogen-bond donors (Lipinski definition) is 0. The summed E-state index contributed by atoms with van der Waals surface area (Å²) < 4.78 is 1.34. The molecular weight excluding hydrogens is 267 g/mol. The van der Waals surface area contributed by atoms with Crippen LogP contribution in [0.2, 0.25) is 0 Å². The SMILES string of the molecule is CSc1ccccc1I.[MgH2]. The van der Waals surface area contributed by atoms with Crippen molar-refractivity contribution in [2.45, 2.75) is 4.90 Å². The Hall–Kier alpha value is 1.07. The smallest absolute Gasteiger partial charge is 0.128 e. The molecule has 0 bridgehead atoms. The highest BCUT2D eigenvalue weighted by Gasteiger charge is 1.92. The first-order chi connectivity index (χ1) is 4.34. The van der Waals surface area contributed by atoms with E-state index in [1.165, 1.54) is 8.47 Å². The van der Waals surface area contributed by atoms with E-state index in [-0.39, 0.29) is 23.1 Å². The maximum absolute atomic E-state index is 2.34. The van der Waals surface area contributed by atoms with Gasteiger partial charge in [-0.2, -0.15) is 0 Å². The highest BCUT2D eigenvalue weighted by atomic mass is 127. The summed E-state index contributed by atoms with van der Waals surface area (Å²) in [5.74, 6) is 0. The Morgan fingerprint density at radius 2 is 1.90 bits per heavy atom. The largest absolute Gasteiger partial charge is 0.316 e. The van der Waals surface area contributed by atoms with Gasteiger partial charge in [0.1, 0.15) is 0 Å². The first kappa shape index (κ1) is 11.1. The first-order valence-corrected chi connectivity index (χ1v) is 4.93. The van der Waals surface area contributed by atoms with E-state index in [0.29, 0.717) is 0 Å². The maximum Gasteiger partial charge on any atom is 0.316 e. The minimum atomic E-state index is 0. The molecule has 0 aliphatic rings. The van der Waals surface area contributed by atoms with Gasteiger partial charge in [-0.25, -0.2) is 0 Å². The molecule has 0 nitrogen and oxygen atoms in total. The van der Waals surface area contributed by atoms with Crippen molar-refractivity contribution in [2.24, 2.45) is 0 Å². The van der Waals surface area contributed by atoms with E-state index in [0.717, 1.165) is 0 Å². The number of halogens is 1. The molecule has 1 aromatic carbocycles. The number of benzene rings is 1. The Morgan fingerprint density at radius 1 is 1.30 bits per heavy atom. The second kappa shape index (κ2) is 5.68. The zero-order chi connectivity index (χ0) is 6.69. The third-order valence-corrected chi connectivity index (χ3v) is 3.16. The van der Waals surface area contributed by atoms with Crippen LogP contribution in [0.3, 0.4) is 0 Å². The van der Waals surface area contributed by atoms with Gasteiger partial charge in [0.15, 0.2) is 0 Å². The number of hydrogen-bond acceptors (Lipinski definition) is 1. The van der Waals surface area contributed by atoms with Gasteiger partial charge in [0, 0.05) is 8.47 Å². The minimum Gasteiger partial charge on any atom is -0.128 e. The quantitative estimate of drug-likeness (QED) is 0.430. The van der Waals surface area contributed by atoms with E-state index < -0.39 is 0 Å². The summed E-state index contributed by atoms with van der Waals surface area (Å²) in [7, 11) is 0. The first-order valence-electron chi connectivity index (χ1n) is 2.63. The van der Waals surface area contributed by atoms with E-state index in [1.54, 1.807) is 11.8 Å². The molecule has 0 unspecified atom stereocenters. The second-order valence-corrected chi connectivity index (χ2v) is 3.64. The Labute approximate surface area is 95.5 Å². The zero-order valence-electron chi connectivity index (χ0n) is 5.10. The van der Waals surface area contributed by atoms with Gasteiger partial charge in [-0.15, -0.1) is 11.8 Å². The van der Waals surface area contributed by atoms with Crippen molar-refractivity contribution in [1.29, 1.82) is 0 Å². The van der Waals surface area contributed by atoms with Crippen LogP contribution >= 0.6 is 34.4 Å². The Bertz CT molecular complexity index is 203. The van der Waals surface area contributed by atoms with Crippen LogP contribution in [0.5, 0.6) is 0 Å². The third-order valence-electron chi connectivity index (χ3n) is 1.06. The van der Waals surface area contributed by atoms with Crippen LogP contribution in [0.25, 0.3) is 0 Å². The van der Waals surface area contributed by atoms with Crippen molar-refractivity contribution in [1.82, 2.24) is 0 Å². The van der Waals surface area contributed by atoms with Crippen molar-refractivity contribution in [3.05, 3.63) is 27.8 Å². The molecule has 0 spiro atoms. The van der Waals surface area contributed by atoms with Gasteiger partial charge in [0.2, 0.25) is 0 Å². The van der Waals surface area contributed by atoms with Gasteiger partial charge in [-0.05, 0) is 41.0 Å². The summed E-state index contributed by atoms with van der Waals surface area (Å²) in [6.07, 6.45) is 2.09. The molecule has 0 saturated heterocycles. The fourth-order valence-electron chi connectivity index (χ4n) is 0.610. The van der Waals surface area contributed by atoms with E-state index in [9.17, 15) is 0 Å². The highest BCUT2D eigenvalue weighted by Crippen LogP contribution is 2.20. The van der Waals surface area contributed by atoms with E-state index in [4.69, 9.17) is 0 Å². The highest BCUT2D eigenvalue weighted by molar-refractivity contribution is 14.1. The monoisotopic (exact) mass is 276 g/mol.